The van der Waals surface area contributed by atoms with Crippen LogP contribution in [-0.2, 0) is 9.53 Å². The Morgan fingerprint density at radius 2 is 2.00 bits per heavy atom. The third-order valence-electron chi connectivity index (χ3n) is 5.14. The molecule has 0 spiro atoms. The first kappa shape index (κ1) is 20.5. The Labute approximate surface area is 177 Å². The number of nitrogens with one attached hydrogen (secondary N) is 2. The molecule has 1 amide bonds. The molecule has 160 valence electrons. The van der Waals surface area contributed by atoms with Crippen molar-refractivity contribution in [2.24, 2.45) is 0 Å². The summed E-state index contributed by atoms with van der Waals surface area (Å²) < 4.78 is 6.49. The second-order valence-corrected chi connectivity index (χ2v) is 7.40. The fraction of sp³-hybridized carbons (Fsp3) is 0.318. The van der Waals surface area contributed by atoms with E-state index < -0.39 is 29.2 Å². The van der Waals surface area contributed by atoms with Crippen LogP contribution in [0.3, 0.4) is 0 Å². The Morgan fingerprint density at radius 3 is 2.68 bits per heavy atom. The molecule has 31 heavy (non-hydrogen) atoms. The van der Waals surface area contributed by atoms with E-state index in [-0.39, 0.29) is 35.7 Å². The van der Waals surface area contributed by atoms with Crippen LogP contribution in [0.15, 0.2) is 52.2 Å². The molecule has 1 aromatic carbocycles. The van der Waals surface area contributed by atoms with Gasteiger partial charge in [0.1, 0.15) is 5.65 Å². The van der Waals surface area contributed by atoms with Crippen molar-refractivity contribution in [2.45, 2.75) is 38.3 Å². The molecule has 0 bridgehead atoms. The molecule has 2 heterocycles. The van der Waals surface area contributed by atoms with E-state index in [1.54, 1.807) is 6.92 Å². The van der Waals surface area contributed by atoms with E-state index in [2.05, 4.69) is 15.3 Å². The van der Waals surface area contributed by atoms with Gasteiger partial charge < -0.3 is 10.1 Å². The minimum absolute atomic E-state index is 0.0195. The van der Waals surface area contributed by atoms with Crippen LogP contribution in [0.25, 0.3) is 11.0 Å². The monoisotopic (exact) mass is 422 g/mol. The van der Waals surface area contributed by atoms with Crippen molar-refractivity contribution in [3.05, 3.63) is 74.6 Å². The van der Waals surface area contributed by atoms with E-state index in [0.717, 1.165) is 18.4 Å². The van der Waals surface area contributed by atoms with Crippen molar-refractivity contribution >= 4 is 22.9 Å². The number of hydrogen-bond acceptors (Lipinski definition) is 6. The smallest absolute Gasteiger partial charge is 0.330 e. The predicted octanol–water partition coefficient (Wildman–Crippen LogP) is 1.84. The molecule has 9 nitrogen and oxygen atoms in total. The van der Waals surface area contributed by atoms with Gasteiger partial charge in [0.2, 0.25) is 0 Å². The highest BCUT2D eigenvalue weighted by Gasteiger charge is 2.28. The van der Waals surface area contributed by atoms with Gasteiger partial charge in [0.25, 0.3) is 11.5 Å². The number of fused-ring (bicyclic) bond motifs is 1. The number of ether oxygens (including phenoxy) is 1. The lowest BCUT2D eigenvalue weighted by Gasteiger charge is -2.18. The Bertz CT molecular complexity index is 1240. The van der Waals surface area contributed by atoms with Gasteiger partial charge in [0.15, 0.2) is 0 Å². The molecule has 1 unspecified atom stereocenters. The van der Waals surface area contributed by atoms with Crippen LogP contribution in [0, 0.1) is 0 Å². The predicted molar refractivity (Wildman–Crippen MR) is 113 cm³/mol. The summed E-state index contributed by atoms with van der Waals surface area (Å²) in [5.41, 5.74) is 0.0780. The lowest BCUT2D eigenvalue weighted by molar-refractivity contribution is -0.143. The standard InChI is InChI=1S/C22H22N4O5/c1-2-31-18(27)11-17(13-6-4-3-5-7-13)24-20(28)14-10-16-19(23-12-14)26(15-8-9-15)22(30)25-21(16)29/h3-7,10,12,15,17H,2,8-9,11H2,1H3,(H,24,28)(H,25,29,30). The van der Waals surface area contributed by atoms with Crippen LogP contribution in [0.4, 0.5) is 0 Å². The van der Waals surface area contributed by atoms with Crippen molar-refractivity contribution in [3.63, 3.8) is 0 Å². The molecule has 0 radical (unpaired) electrons. The normalized spacial score (nSPS) is 14.2. The molecule has 4 rings (SSSR count). The fourth-order valence-corrected chi connectivity index (χ4v) is 3.50. The fourth-order valence-electron chi connectivity index (χ4n) is 3.50. The second kappa shape index (κ2) is 8.55. The maximum absolute atomic E-state index is 12.9. The topological polar surface area (TPSA) is 123 Å². The van der Waals surface area contributed by atoms with Crippen molar-refractivity contribution in [2.75, 3.05) is 6.61 Å². The number of benzene rings is 1. The van der Waals surface area contributed by atoms with Gasteiger partial charge in [-0.2, -0.15) is 0 Å². The molecule has 1 aliphatic carbocycles. The maximum Gasteiger partial charge on any atom is 0.330 e. The highest BCUT2D eigenvalue weighted by atomic mass is 16.5. The van der Waals surface area contributed by atoms with Gasteiger partial charge in [-0.1, -0.05) is 30.3 Å². The number of amides is 1. The number of pyridine rings is 1. The van der Waals surface area contributed by atoms with Gasteiger partial charge in [0, 0.05) is 12.2 Å². The van der Waals surface area contributed by atoms with Crippen LogP contribution in [0.5, 0.6) is 0 Å². The van der Waals surface area contributed by atoms with Gasteiger partial charge in [-0.3, -0.25) is 23.9 Å². The average molecular weight is 422 g/mol. The molecular formula is C22H22N4O5. The number of esters is 1. The molecule has 9 heteroatoms. The number of hydrogen-bond donors (Lipinski definition) is 2. The minimum Gasteiger partial charge on any atom is -0.466 e. The van der Waals surface area contributed by atoms with Gasteiger partial charge in [-0.25, -0.2) is 9.78 Å². The summed E-state index contributed by atoms with van der Waals surface area (Å²) in [6.07, 6.45) is 2.99. The van der Waals surface area contributed by atoms with Gasteiger partial charge >= 0.3 is 11.7 Å². The first-order valence-corrected chi connectivity index (χ1v) is 10.1. The highest BCUT2D eigenvalue weighted by Crippen LogP contribution is 2.34. The van der Waals surface area contributed by atoms with E-state index in [4.69, 9.17) is 4.74 Å². The van der Waals surface area contributed by atoms with Gasteiger partial charge in [0.05, 0.1) is 30.0 Å². The molecule has 1 fully saturated rings. The Balaban J connectivity index is 1.65. The summed E-state index contributed by atoms with van der Waals surface area (Å²) in [5, 5.41) is 2.99. The summed E-state index contributed by atoms with van der Waals surface area (Å²) in [6.45, 7) is 1.96. The SMILES string of the molecule is CCOC(=O)CC(NC(=O)c1cnc2c(c1)c(=O)[nH]c(=O)n2C1CC1)c1ccccc1. The van der Waals surface area contributed by atoms with Crippen LogP contribution in [0.1, 0.15) is 54.2 Å². The van der Waals surface area contributed by atoms with Crippen LogP contribution < -0.4 is 16.6 Å². The largest absolute Gasteiger partial charge is 0.466 e. The molecule has 1 atom stereocenters. The zero-order valence-electron chi connectivity index (χ0n) is 17.0. The molecule has 3 aromatic rings. The molecular weight excluding hydrogens is 400 g/mol. The minimum atomic E-state index is -0.609. The molecule has 0 saturated heterocycles. The van der Waals surface area contributed by atoms with Gasteiger partial charge in [-0.05, 0) is 31.4 Å². The molecule has 1 saturated carbocycles. The number of nitrogens with zero attached hydrogens (tertiary/aromatic N) is 2. The molecule has 0 aliphatic heterocycles. The number of carbonyl (C=O) groups excluding carboxylic acids is 2. The van der Waals surface area contributed by atoms with Crippen LogP contribution in [-0.4, -0.2) is 33.0 Å². The zero-order valence-corrected chi connectivity index (χ0v) is 17.0. The van der Waals surface area contributed by atoms with E-state index in [1.165, 1.54) is 16.8 Å². The summed E-state index contributed by atoms with van der Waals surface area (Å²) >= 11 is 0. The average Bonchev–Trinajstić information content (AvgIpc) is 3.59. The number of H-pyrrole nitrogens is 1. The summed E-state index contributed by atoms with van der Waals surface area (Å²) in [4.78, 5) is 56.0. The summed E-state index contributed by atoms with van der Waals surface area (Å²) in [7, 11) is 0. The Morgan fingerprint density at radius 1 is 1.26 bits per heavy atom. The highest BCUT2D eigenvalue weighted by molar-refractivity contribution is 5.97. The van der Waals surface area contributed by atoms with Crippen molar-refractivity contribution in [3.8, 4) is 0 Å². The van der Waals surface area contributed by atoms with E-state index >= 15 is 0 Å². The third-order valence-corrected chi connectivity index (χ3v) is 5.14. The summed E-state index contributed by atoms with van der Waals surface area (Å²) in [6, 6.07) is 9.91. The molecule has 2 aromatic heterocycles. The Kier molecular flexibility index (Phi) is 5.66. The van der Waals surface area contributed by atoms with Crippen molar-refractivity contribution < 1.29 is 14.3 Å². The van der Waals surface area contributed by atoms with Crippen LogP contribution >= 0.6 is 0 Å². The van der Waals surface area contributed by atoms with E-state index in [0.29, 0.717) is 0 Å². The first-order chi connectivity index (χ1) is 15.0. The zero-order chi connectivity index (χ0) is 22.0. The third kappa shape index (κ3) is 4.40. The first-order valence-electron chi connectivity index (χ1n) is 10.1. The van der Waals surface area contributed by atoms with E-state index in [1.807, 2.05) is 30.3 Å². The number of aromatic nitrogens is 3. The second-order valence-electron chi connectivity index (χ2n) is 7.40. The molecule has 2 N–H and O–H groups in total. The lowest BCUT2D eigenvalue weighted by atomic mass is 10.0. The maximum atomic E-state index is 12.9. The van der Waals surface area contributed by atoms with E-state index in [9.17, 15) is 19.2 Å². The van der Waals surface area contributed by atoms with Crippen molar-refractivity contribution in [1.82, 2.24) is 19.9 Å². The Hall–Kier alpha value is -3.75. The number of aromatic amines is 1. The van der Waals surface area contributed by atoms with Crippen molar-refractivity contribution in [1.29, 1.82) is 0 Å². The van der Waals surface area contributed by atoms with Crippen LogP contribution in [0.2, 0.25) is 0 Å². The lowest BCUT2D eigenvalue weighted by Crippen LogP contribution is -2.32. The quantitative estimate of drug-likeness (QED) is 0.560. The number of carbonyl (C=O) groups is 2. The molecule has 1 aliphatic rings. The number of rotatable bonds is 7. The van der Waals surface area contributed by atoms with Gasteiger partial charge in [-0.15, -0.1) is 0 Å². The summed E-state index contributed by atoms with van der Waals surface area (Å²) in [5.74, 6) is -0.922.